The van der Waals surface area contributed by atoms with Crippen LogP contribution in [0.1, 0.15) is 39.2 Å². The van der Waals surface area contributed by atoms with Gasteiger partial charge in [0.05, 0.1) is 0 Å². The van der Waals surface area contributed by atoms with Gasteiger partial charge in [-0.25, -0.2) is 4.79 Å². The molecule has 1 N–H and O–H groups in total. The Labute approximate surface area is 127 Å². The van der Waals surface area contributed by atoms with Crippen LogP contribution in [0.2, 0.25) is 0 Å². The van der Waals surface area contributed by atoms with Crippen molar-refractivity contribution in [3.05, 3.63) is 29.8 Å². The number of carbonyl (C=O) groups is 1. The number of anilines is 1. The third kappa shape index (κ3) is 4.96. The topological polar surface area (TPSA) is 41.6 Å². The summed E-state index contributed by atoms with van der Waals surface area (Å²) in [7, 11) is 0. The zero-order valence-electron chi connectivity index (χ0n) is 13.5. The summed E-state index contributed by atoms with van der Waals surface area (Å²) in [4.78, 5) is 13.8. The number of hydrogen-bond acceptors (Lipinski definition) is 3. The number of piperidine rings is 1. The number of benzene rings is 1. The van der Waals surface area contributed by atoms with Crippen molar-refractivity contribution in [3.63, 3.8) is 0 Å². The van der Waals surface area contributed by atoms with Gasteiger partial charge < -0.3 is 15.0 Å². The Hall–Kier alpha value is -1.71. The van der Waals surface area contributed by atoms with Crippen LogP contribution >= 0.6 is 0 Å². The smallest absolute Gasteiger partial charge is 0.410 e. The summed E-state index contributed by atoms with van der Waals surface area (Å²) in [5.41, 5.74) is 1.99. The summed E-state index contributed by atoms with van der Waals surface area (Å²) in [5, 5.41) is 3.55. The molecular formula is C17H26N2O2. The second-order valence-corrected chi connectivity index (χ2v) is 6.76. The molecule has 4 heteroatoms. The van der Waals surface area contributed by atoms with Crippen molar-refractivity contribution in [2.45, 2.75) is 52.2 Å². The summed E-state index contributed by atoms with van der Waals surface area (Å²) in [6, 6.07) is 8.82. The molecule has 1 fully saturated rings. The van der Waals surface area contributed by atoms with Gasteiger partial charge in [-0.15, -0.1) is 0 Å². The van der Waals surface area contributed by atoms with E-state index in [9.17, 15) is 4.79 Å². The molecule has 0 unspecified atom stereocenters. The molecule has 1 amide bonds. The maximum Gasteiger partial charge on any atom is 0.410 e. The van der Waals surface area contributed by atoms with Gasteiger partial charge in [0.15, 0.2) is 0 Å². The lowest BCUT2D eigenvalue weighted by Crippen LogP contribution is -2.44. The fourth-order valence-corrected chi connectivity index (χ4v) is 2.50. The number of nitrogens with one attached hydrogen (secondary N) is 1. The molecule has 0 aromatic heterocycles. The molecule has 0 saturated carbocycles. The van der Waals surface area contributed by atoms with E-state index >= 15 is 0 Å². The monoisotopic (exact) mass is 290 g/mol. The largest absolute Gasteiger partial charge is 0.444 e. The number of rotatable bonds is 2. The third-order valence-corrected chi connectivity index (χ3v) is 3.54. The number of nitrogens with zero attached hydrogens (tertiary/aromatic N) is 1. The highest BCUT2D eigenvalue weighted by Gasteiger charge is 2.26. The Morgan fingerprint density at radius 1 is 1.29 bits per heavy atom. The number of amides is 1. The molecule has 4 nitrogen and oxygen atoms in total. The number of likely N-dealkylation sites (tertiary alicyclic amines) is 1. The Morgan fingerprint density at radius 3 is 2.52 bits per heavy atom. The lowest BCUT2D eigenvalue weighted by atomic mass is 10.0. The van der Waals surface area contributed by atoms with E-state index in [4.69, 9.17) is 4.74 Å². The summed E-state index contributed by atoms with van der Waals surface area (Å²) in [6.45, 7) is 9.29. The van der Waals surface area contributed by atoms with Crippen molar-refractivity contribution >= 4 is 11.8 Å². The van der Waals surface area contributed by atoms with Crippen molar-refractivity contribution in [1.82, 2.24) is 4.90 Å². The Kier molecular flexibility index (Phi) is 4.76. The molecule has 1 heterocycles. The van der Waals surface area contributed by atoms with E-state index in [1.165, 1.54) is 5.56 Å². The molecule has 0 spiro atoms. The van der Waals surface area contributed by atoms with E-state index in [-0.39, 0.29) is 6.09 Å². The molecule has 1 saturated heterocycles. The predicted molar refractivity (Wildman–Crippen MR) is 85.6 cm³/mol. The number of ether oxygens (including phenoxy) is 1. The van der Waals surface area contributed by atoms with Gasteiger partial charge >= 0.3 is 6.09 Å². The first-order valence-corrected chi connectivity index (χ1v) is 7.64. The first-order chi connectivity index (χ1) is 9.83. The fraction of sp³-hybridized carbons (Fsp3) is 0.588. The van der Waals surface area contributed by atoms with Crippen LogP contribution in [0, 0.1) is 6.92 Å². The molecule has 0 aliphatic carbocycles. The van der Waals surface area contributed by atoms with Gasteiger partial charge in [0.2, 0.25) is 0 Å². The minimum atomic E-state index is -0.423. The van der Waals surface area contributed by atoms with Crippen molar-refractivity contribution < 1.29 is 9.53 Å². The minimum Gasteiger partial charge on any atom is -0.444 e. The van der Waals surface area contributed by atoms with E-state index in [2.05, 4.69) is 36.5 Å². The van der Waals surface area contributed by atoms with Gasteiger partial charge in [-0.2, -0.15) is 0 Å². The van der Waals surface area contributed by atoms with Crippen molar-refractivity contribution in [3.8, 4) is 0 Å². The van der Waals surface area contributed by atoms with Gasteiger partial charge in [0, 0.05) is 24.8 Å². The lowest BCUT2D eigenvalue weighted by Gasteiger charge is -2.34. The normalized spacial score (nSPS) is 16.7. The van der Waals surface area contributed by atoms with Crippen LogP contribution in [0.5, 0.6) is 0 Å². The average Bonchev–Trinajstić information content (AvgIpc) is 2.37. The van der Waals surface area contributed by atoms with Gasteiger partial charge in [0.1, 0.15) is 5.60 Å². The predicted octanol–water partition coefficient (Wildman–Crippen LogP) is 3.81. The van der Waals surface area contributed by atoms with E-state index in [0.29, 0.717) is 6.04 Å². The average molecular weight is 290 g/mol. The van der Waals surface area contributed by atoms with Crippen LogP contribution in [0.25, 0.3) is 0 Å². The molecular weight excluding hydrogens is 264 g/mol. The highest BCUT2D eigenvalue weighted by atomic mass is 16.6. The Balaban J connectivity index is 1.82. The maximum absolute atomic E-state index is 12.0. The highest BCUT2D eigenvalue weighted by Crippen LogP contribution is 2.19. The van der Waals surface area contributed by atoms with Crippen molar-refractivity contribution in [1.29, 1.82) is 0 Å². The van der Waals surface area contributed by atoms with Crippen molar-refractivity contribution in [2.75, 3.05) is 18.4 Å². The molecule has 0 atom stereocenters. The molecule has 1 aromatic rings. The zero-order valence-corrected chi connectivity index (χ0v) is 13.5. The first kappa shape index (κ1) is 15.7. The minimum absolute atomic E-state index is 0.198. The fourth-order valence-electron chi connectivity index (χ4n) is 2.50. The Morgan fingerprint density at radius 2 is 1.95 bits per heavy atom. The first-order valence-electron chi connectivity index (χ1n) is 7.64. The summed E-state index contributed by atoms with van der Waals surface area (Å²) < 4.78 is 5.41. The molecule has 0 bridgehead atoms. The van der Waals surface area contributed by atoms with Crippen LogP contribution in [0.4, 0.5) is 10.5 Å². The van der Waals surface area contributed by atoms with Crippen LogP contribution in [0.15, 0.2) is 24.3 Å². The molecule has 1 aliphatic heterocycles. The standard InChI is InChI=1S/C17H26N2O2/c1-13-6-5-7-15(12-13)18-14-8-10-19(11-9-14)16(20)21-17(2,3)4/h5-7,12,14,18H,8-11H2,1-4H3. The van der Waals surface area contributed by atoms with Gasteiger partial charge in [0.25, 0.3) is 0 Å². The molecule has 21 heavy (non-hydrogen) atoms. The summed E-state index contributed by atoms with van der Waals surface area (Å²) >= 11 is 0. The quantitative estimate of drug-likeness (QED) is 0.900. The molecule has 0 radical (unpaired) electrons. The van der Waals surface area contributed by atoms with Crippen LogP contribution in [0.3, 0.4) is 0 Å². The van der Waals surface area contributed by atoms with Crippen LogP contribution in [-0.4, -0.2) is 35.7 Å². The lowest BCUT2D eigenvalue weighted by molar-refractivity contribution is 0.0210. The van der Waals surface area contributed by atoms with Crippen molar-refractivity contribution in [2.24, 2.45) is 0 Å². The van der Waals surface area contributed by atoms with Gasteiger partial charge in [-0.3, -0.25) is 0 Å². The van der Waals surface area contributed by atoms with Gasteiger partial charge in [-0.05, 0) is 58.2 Å². The summed E-state index contributed by atoms with van der Waals surface area (Å²) in [6.07, 6.45) is 1.71. The van der Waals surface area contributed by atoms with E-state index < -0.39 is 5.60 Å². The SMILES string of the molecule is Cc1cccc(NC2CCN(C(=O)OC(C)(C)C)CC2)c1. The second kappa shape index (κ2) is 6.37. The third-order valence-electron chi connectivity index (χ3n) is 3.54. The number of aryl methyl sites for hydroxylation is 1. The van der Waals surface area contributed by atoms with E-state index in [1.807, 2.05) is 20.8 Å². The van der Waals surface area contributed by atoms with Crippen LogP contribution in [-0.2, 0) is 4.74 Å². The maximum atomic E-state index is 12.0. The molecule has 116 valence electrons. The van der Waals surface area contributed by atoms with Gasteiger partial charge in [-0.1, -0.05) is 12.1 Å². The zero-order chi connectivity index (χ0) is 15.5. The number of carbonyl (C=O) groups excluding carboxylic acids is 1. The Bertz CT molecular complexity index is 486. The second-order valence-electron chi connectivity index (χ2n) is 6.76. The van der Waals surface area contributed by atoms with Crippen LogP contribution < -0.4 is 5.32 Å². The summed E-state index contributed by atoms with van der Waals surface area (Å²) in [5.74, 6) is 0. The number of hydrogen-bond donors (Lipinski definition) is 1. The molecule has 2 rings (SSSR count). The van der Waals surface area contributed by atoms with E-state index in [0.717, 1.165) is 31.6 Å². The highest BCUT2D eigenvalue weighted by molar-refractivity contribution is 5.68. The molecule has 1 aromatic carbocycles. The molecule has 1 aliphatic rings. The van der Waals surface area contributed by atoms with E-state index in [1.54, 1.807) is 4.90 Å².